The van der Waals surface area contributed by atoms with E-state index in [1.54, 1.807) is 6.20 Å². The van der Waals surface area contributed by atoms with Crippen LogP contribution in [0.25, 0.3) is 22.2 Å². The molecule has 0 fully saturated rings. The Morgan fingerprint density at radius 1 is 1.10 bits per heavy atom. The Balaban J connectivity index is 1.41. The summed E-state index contributed by atoms with van der Waals surface area (Å²) in [6.45, 7) is 1.98. The Labute approximate surface area is 175 Å². The predicted molar refractivity (Wildman–Crippen MR) is 109 cm³/mol. The second kappa shape index (κ2) is 7.57. The van der Waals surface area contributed by atoms with Crippen LogP contribution < -0.4 is 5.32 Å². The molecule has 4 aromatic rings. The smallest absolute Gasteiger partial charge is 0.358 e. The summed E-state index contributed by atoms with van der Waals surface area (Å²) in [6.07, 6.45) is -0.868. The number of hydrogen-bond acceptors (Lipinski definition) is 4. The highest BCUT2D eigenvalue weighted by Gasteiger charge is 2.51. The average Bonchev–Trinajstić information content (AvgIpc) is 3.36. The van der Waals surface area contributed by atoms with Crippen molar-refractivity contribution < 1.29 is 22.5 Å². The fourth-order valence-corrected chi connectivity index (χ4v) is 3.05. The highest BCUT2D eigenvalue weighted by molar-refractivity contribution is 5.91. The van der Waals surface area contributed by atoms with Gasteiger partial charge in [-0.05, 0) is 37.1 Å². The minimum atomic E-state index is -4.50. The first kappa shape index (κ1) is 20.6. The van der Waals surface area contributed by atoms with Crippen LogP contribution in [0.2, 0.25) is 0 Å². The number of benzene rings is 1. The van der Waals surface area contributed by atoms with Gasteiger partial charge in [0.1, 0.15) is 11.1 Å². The Kier molecular flexibility index (Phi) is 5.04. The summed E-state index contributed by atoms with van der Waals surface area (Å²) in [7, 11) is 0. The molecule has 0 atom stereocenters. The summed E-state index contributed by atoms with van der Waals surface area (Å²) in [4.78, 5) is 19.7. The first-order valence-electron chi connectivity index (χ1n) is 9.50. The molecular weight excluding hydrogens is 409 g/mol. The molecule has 3 heterocycles. The molecule has 0 saturated heterocycles. The molecule has 2 N–H and O–H groups in total. The summed E-state index contributed by atoms with van der Waals surface area (Å²) >= 11 is 0. The van der Waals surface area contributed by atoms with Crippen molar-refractivity contribution in [2.24, 2.45) is 0 Å². The van der Waals surface area contributed by atoms with E-state index < -0.39 is 17.5 Å². The molecule has 0 spiro atoms. The van der Waals surface area contributed by atoms with Crippen molar-refractivity contribution in [1.82, 2.24) is 15.1 Å². The van der Waals surface area contributed by atoms with Gasteiger partial charge in [0, 0.05) is 29.4 Å². The Morgan fingerprint density at radius 2 is 1.84 bits per heavy atom. The van der Waals surface area contributed by atoms with Crippen LogP contribution in [0.15, 0.2) is 59.4 Å². The van der Waals surface area contributed by atoms with E-state index in [9.17, 15) is 18.0 Å². The number of carbonyl (C=O) groups is 1. The molecule has 31 heavy (non-hydrogen) atoms. The lowest BCUT2D eigenvalue weighted by molar-refractivity contribution is -0.185. The first-order valence-corrected chi connectivity index (χ1v) is 9.50. The minimum absolute atomic E-state index is 0.0419. The monoisotopic (exact) mass is 428 g/mol. The molecule has 0 bridgehead atoms. The van der Waals surface area contributed by atoms with E-state index in [0.717, 1.165) is 47.6 Å². The molecule has 9 heteroatoms. The maximum Gasteiger partial charge on any atom is 0.401 e. The molecule has 3 aromatic heterocycles. The highest BCUT2D eigenvalue weighted by atomic mass is 19.4. The fraction of sp³-hybridized carbons (Fsp3) is 0.227. The number of rotatable bonds is 5. The number of aromatic nitrogens is 3. The van der Waals surface area contributed by atoms with Crippen molar-refractivity contribution in [2.45, 2.75) is 31.9 Å². The Morgan fingerprint density at radius 3 is 2.55 bits per heavy atom. The molecule has 0 saturated carbocycles. The van der Waals surface area contributed by atoms with Gasteiger partial charge >= 0.3 is 6.18 Å². The van der Waals surface area contributed by atoms with Crippen LogP contribution in [0.5, 0.6) is 0 Å². The van der Waals surface area contributed by atoms with Gasteiger partial charge in [-0.1, -0.05) is 29.4 Å². The normalized spacial score (nSPS) is 12.3. The van der Waals surface area contributed by atoms with Crippen molar-refractivity contribution in [3.8, 4) is 11.1 Å². The second-order valence-electron chi connectivity index (χ2n) is 7.76. The number of anilines is 1. The van der Waals surface area contributed by atoms with Crippen molar-refractivity contribution >= 4 is 22.8 Å². The lowest BCUT2D eigenvalue weighted by atomic mass is 9.89. The Hall–Kier alpha value is -3.62. The summed E-state index contributed by atoms with van der Waals surface area (Å²) in [6, 6.07) is 12.5. The third-order valence-electron chi connectivity index (χ3n) is 5.15. The quantitative estimate of drug-likeness (QED) is 0.455. The number of amides is 1. The molecule has 4 rings (SSSR count). The maximum absolute atomic E-state index is 13.1. The molecule has 1 amide bonds. The van der Waals surface area contributed by atoms with E-state index in [0.29, 0.717) is 0 Å². The average molecular weight is 428 g/mol. The van der Waals surface area contributed by atoms with Crippen molar-refractivity contribution in [1.29, 1.82) is 0 Å². The fourth-order valence-electron chi connectivity index (χ4n) is 3.05. The minimum Gasteiger partial charge on any atom is -0.358 e. The zero-order valence-corrected chi connectivity index (χ0v) is 16.7. The molecule has 0 aliphatic carbocycles. The van der Waals surface area contributed by atoms with Gasteiger partial charge in [0.05, 0.1) is 6.42 Å². The number of alkyl halides is 3. The summed E-state index contributed by atoms with van der Waals surface area (Å²) in [5, 5.41) is 7.01. The van der Waals surface area contributed by atoms with E-state index in [1.165, 1.54) is 0 Å². The third kappa shape index (κ3) is 4.16. The van der Waals surface area contributed by atoms with E-state index in [4.69, 9.17) is 4.52 Å². The number of nitrogens with zero attached hydrogens (tertiary/aromatic N) is 2. The van der Waals surface area contributed by atoms with Gasteiger partial charge in [0.15, 0.2) is 11.6 Å². The van der Waals surface area contributed by atoms with Gasteiger partial charge in [-0.2, -0.15) is 13.2 Å². The number of halogens is 3. The number of carbonyl (C=O) groups excluding carboxylic acids is 1. The van der Waals surface area contributed by atoms with Gasteiger partial charge in [0.25, 0.3) is 0 Å². The topological polar surface area (TPSA) is 83.8 Å². The molecule has 6 nitrogen and oxygen atoms in total. The third-order valence-corrected chi connectivity index (χ3v) is 5.15. The lowest BCUT2D eigenvalue weighted by Gasteiger charge is -2.24. The molecule has 1 aromatic carbocycles. The van der Waals surface area contributed by atoms with E-state index >= 15 is 0 Å². The number of nitrogens with one attached hydrogen (secondary N) is 2. The van der Waals surface area contributed by atoms with E-state index in [-0.39, 0.29) is 18.0 Å². The van der Waals surface area contributed by atoms with Crippen LogP contribution in [0.3, 0.4) is 0 Å². The number of H-pyrrole nitrogens is 1. The van der Waals surface area contributed by atoms with Gasteiger partial charge in [0.2, 0.25) is 5.91 Å². The second-order valence-corrected chi connectivity index (χ2v) is 7.76. The molecule has 0 unspecified atom stereocenters. The number of aromatic amines is 1. The molecule has 160 valence electrons. The molecule has 0 radical (unpaired) electrons. The molecular formula is C22H19F3N4O2. The van der Waals surface area contributed by atoms with Gasteiger partial charge in [-0.15, -0.1) is 0 Å². The van der Waals surface area contributed by atoms with Gasteiger partial charge < -0.3 is 14.8 Å². The highest BCUT2D eigenvalue weighted by Crippen LogP contribution is 2.41. The zero-order chi connectivity index (χ0) is 22.2. The van der Waals surface area contributed by atoms with Crippen molar-refractivity contribution in [3.05, 3.63) is 66.2 Å². The predicted octanol–water partition coefficient (Wildman–Crippen LogP) is 5.24. The number of fused-ring (bicyclic) bond motifs is 1. The van der Waals surface area contributed by atoms with Crippen LogP contribution in [0.4, 0.5) is 19.0 Å². The zero-order valence-electron chi connectivity index (χ0n) is 16.7. The van der Waals surface area contributed by atoms with Crippen LogP contribution >= 0.6 is 0 Å². The first-order chi connectivity index (χ1) is 14.6. The number of hydrogen-bond donors (Lipinski definition) is 2. The summed E-state index contributed by atoms with van der Waals surface area (Å²) < 4.78 is 44.1. The van der Waals surface area contributed by atoms with E-state index in [2.05, 4.69) is 20.4 Å². The summed E-state index contributed by atoms with van der Waals surface area (Å²) in [5.74, 6) is -0.833. The maximum atomic E-state index is 13.1. The number of pyridine rings is 1. The summed E-state index contributed by atoms with van der Waals surface area (Å²) in [5.41, 5.74) is 1.25. The van der Waals surface area contributed by atoms with Crippen LogP contribution in [-0.4, -0.2) is 27.2 Å². The van der Waals surface area contributed by atoms with Gasteiger partial charge in [-0.25, -0.2) is 4.98 Å². The van der Waals surface area contributed by atoms with Gasteiger partial charge in [-0.3, -0.25) is 4.79 Å². The van der Waals surface area contributed by atoms with Crippen LogP contribution in [0.1, 0.15) is 25.2 Å². The Bertz CT molecular complexity index is 1220. The molecule has 0 aliphatic rings. The van der Waals surface area contributed by atoms with Crippen LogP contribution in [-0.2, 0) is 16.6 Å². The van der Waals surface area contributed by atoms with Crippen molar-refractivity contribution in [3.63, 3.8) is 0 Å². The van der Waals surface area contributed by atoms with Crippen LogP contribution in [0, 0.1) is 0 Å². The molecule has 0 aliphatic heterocycles. The van der Waals surface area contributed by atoms with E-state index in [1.807, 2.05) is 42.6 Å². The lowest BCUT2D eigenvalue weighted by Crippen LogP contribution is -2.35. The standard InChI is InChI=1S/C22H19F3N4O2/c1-21(2,22(23,24)25)17-11-18(29-31-17)28-19(30)9-13-3-5-14(6-4-13)16-10-15-7-8-26-20(15)27-12-16/h3-8,10-12H,9H2,1-2H3,(H,26,27)(H,28,29,30). The SMILES string of the molecule is CC(C)(c1cc(NC(=O)Cc2ccc(-c3cnc4[nH]ccc4c3)cc2)no1)C(F)(F)F. The van der Waals surface area contributed by atoms with Crippen molar-refractivity contribution in [2.75, 3.05) is 5.32 Å². The largest absolute Gasteiger partial charge is 0.401 e.